The van der Waals surface area contributed by atoms with Crippen LogP contribution in [0.15, 0.2) is 40.3 Å². The SMILES string of the molecule is CCCc1nc(NC)cc(Sc2cccc(OC)c2)n1. The van der Waals surface area contributed by atoms with E-state index >= 15 is 0 Å². The van der Waals surface area contributed by atoms with Crippen molar-refractivity contribution in [2.45, 2.75) is 29.7 Å². The Morgan fingerprint density at radius 2 is 2.10 bits per heavy atom. The smallest absolute Gasteiger partial charge is 0.132 e. The van der Waals surface area contributed by atoms with E-state index in [2.05, 4.69) is 22.2 Å². The lowest BCUT2D eigenvalue weighted by Gasteiger charge is -2.08. The zero-order valence-corrected chi connectivity index (χ0v) is 12.8. The van der Waals surface area contributed by atoms with Crippen molar-refractivity contribution in [1.82, 2.24) is 9.97 Å². The van der Waals surface area contributed by atoms with E-state index in [0.29, 0.717) is 0 Å². The van der Waals surface area contributed by atoms with Gasteiger partial charge in [0.1, 0.15) is 22.4 Å². The van der Waals surface area contributed by atoms with E-state index in [0.717, 1.165) is 40.2 Å². The first-order valence-corrected chi connectivity index (χ1v) is 7.44. The van der Waals surface area contributed by atoms with Gasteiger partial charge in [-0.25, -0.2) is 9.97 Å². The van der Waals surface area contributed by atoms with Gasteiger partial charge in [-0.15, -0.1) is 0 Å². The van der Waals surface area contributed by atoms with Crippen LogP contribution in [-0.2, 0) is 6.42 Å². The van der Waals surface area contributed by atoms with Crippen LogP contribution in [0.1, 0.15) is 19.2 Å². The van der Waals surface area contributed by atoms with E-state index in [1.54, 1.807) is 18.9 Å². The maximum atomic E-state index is 5.24. The van der Waals surface area contributed by atoms with Crippen molar-refractivity contribution < 1.29 is 4.74 Å². The molecule has 1 heterocycles. The van der Waals surface area contributed by atoms with Gasteiger partial charge in [0.25, 0.3) is 0 Å². The van der Waals surface area contributed by atoms with Crippen molar-refractivity contribution >= 4 is 17.6 Å². The molecule has 0 radical (unpaired) electrons. The van der Waals surface area contributed by atoms with Crippen LogP contribution in [0.5, 0.6) is 5.75 Å². The Morgan fingerprint density at radius 1 is 1.25 bits per heavy atom. The van der Waals surface area contributed by atoms with Crippen LogP contribution in [0.3, 0.4) is 0 Å². The fraction of sp³-hybridized carbons (Fsp3) is 0.333. The summed E-state index contributed by atoms with van der Waals surface area (Å²) in [4.78, 5) is 10.2. The molecular weight excluding hydrogens is 270 g/mol. The summed E-state index contributed by atoms with van der Waals surface area (Å²) < 4.78 is 5.24. The predicted molar refractivity (Wildman–Crippen MR) is 82.7 cm³/mol. The highest BCUT2D eigenvalue weighted by atomic mass is 32.2. The molecule has 0 aliphatic heterocycles. The minimum Gasteiger partial charge on any atom is -0.497 e. The second-order valence-corrected chi connectivity index (χ2v) is 5.38. The van der Waals surface area contributed by atoms with E-state index in [1.807, 2.05) is 37.4 Å². The lowest BCUT2D eigenvalue weighted by atomic mass is 10.3. The third-order valence-corrected chi connectivity index (χ3v) is 3.65. The predicted octanol–water partition coefficient (Wildman–Crippen LogP) is 3.63. The average molecular weight is 289 g/mol. The molecule has 0 bridgehead atoms. The quantitative estimate of drug-likeness (QED) is 0.823. The van der Waals surface area contributed by atoms with Crippen LogP contribution >= 0.6 is 11.8 Å². The average Bonchev–Trinajstić information content (AvgIpc) is 2.47. The molecule has 5 heteroatoms. The Hall–Kier alpha value is -1.75. The molecule has 106 valence electrons. The number of ether oxygens (including phenoxy) is 1. The Morgan fingerprint density at radius 3 is 2.80 bits per heavy atom. The summed E-state index contributed by atoms with van der Waals surface area (Å²) in [5.41, 5.74) is 0. The number of benzene rings is 1. The molecule has 1 aromatic heterocycles. The molecule has 0 spiro atoms. The lowest BCUT2D eigenvalue weighted by Crippen LogP contribution is -2.01. The molecule has 0 fully saturated rings. The lowest BCUT2D eigenvalue weighted by molar-refractivity contribution is 0.413. The number of methoxy groups -OCH3 is 1. The van der Waals surface area contributed by atoms with Crippen molar-refractivity contribution in [2.75, 3.05) is 19.5 Å². The summed E-state index contributed by atoms with van der Waals surface area (Å²) in [6.45, 7) is 2.13. The summed E-state index contributed by atoms with van der Waals surface area (Å²) in [5.74, 6) is 2.59. The van der Waals surface area contributed by atoms with Crippen molar-refractivity contribution in [3.63, 3.8) is 0 Å². The molecule has 0 atom stereocenters. The number of rotatable bonds is 6. The first-order valence-electron chi connectivity index (χ1n) is 6.62. The molecule has 20 heavy (non-hydrogen) atoms. The van der Waals surface area contributed by atoms with Gasteiger partial charge in [-0.2, -0.15) is 0 Å². The topological polar surface area (TPSA) is 47.0 Å². The van der Waals surface area contributed by atoms with Gasteiger partial charge in [-0.3, -0.25) is 0 Å². The molecule has 0 amide bonds. The molecule has 0 saturated carbocycles. The first kappa shape index (κ1) is 14.7. The molecule has 1 aromatic carbocycles. The molecule has 0 saturated heterocycles. The largest absolute Gasteiger partial charge is 0.497 e. The molecule has 2 rings (SSSR count). The van der Waals surface area contributed by atoms with Gasteiger partial charge in [0, 0.05) is 24.4 Å². The molecule has 0 unspecified atom stereocenters. The number of nitrogens with zero attached hydrogens (tertiary/aromatic N) is 2. The van der Waals surface area contributed by atoms with Gasteiger partial charge >= 0.3 is 0 Å². The van der Waals surface area contributed by atoms with Gasteiger partial charge in [0.2, 0.25) is 0 Å². The summed E-state index contributed by atoms with van der Waals surface area (Å²) in [5, 5.41) is 4.03. The van der Waals surface area contributed by atoms with Crippen LogP contribution < -0.4 is 10.1 Å². The van der Waals surface area contributed by atoms with Gasteiger partial charge < -0.3 is 10.1 Å². The summed E-state index contributed by atoms with van der Waals surface area (Å²) in [7, 11) is 3.55. The number of nitrogens with one attached hydrogen (secondary N) is 1. The first-order chi connectivity index (χ1) is 9.75. The number of anilines is 1. The Balaban J connectivity index is 2.24. The second-order valence-electron chi connectivity index (χ2n) is 4.29. The van der Waals surface area contributed by atoms with E-state index in [1.165, 1.54) is 0 Å². The Bertz CT molecular complexity index is 575. The number of hydrogen-bond acceptors (Lipinski definition) is 5. The van der Waals surface area contributed by atoms with E-state index in [-0.39, 0.29) is 0 Å². The zero-order valence-electron chi connectivity index (χ0n) is 12.0. The third kappa shape index (κ3) is 3.87. The van der Waals surface area contributed by atoms with E-state index < -0.39 is 0 Å². The number of aryl methyl sites for hydroxylation is 1. The highest BCUT2D eigenvalue weighted by molar-refractivity contribution is 7.99. The summed E-state index contributed by atoms with van der Waals surface area (Å²) in [6, 6.07) is 9.93. The van der Waals surface area contributed by atoms with Crippen LogP contribution in [0, 0.1) is 0 Å². The fourth-order valence-corrected chi connectivity index (χ4v) is 2.66. The van der Waals surface area contributed by atoms with Crippen LogP contribution in [0.2, 0.25) is 0 Å². The molecular formula is C15H19N3OS. The van der Waals surface area contributed by atoms with Crippen LogP contribution in [0.25, 0.3) is 0 Å². The minimum absolute atomic E-state index is 0.853. The molecule has 0 aliphatic carbocycles. The van der Waals surface area contributed by atoms with Gasteiger partial charge in [-0.1, -0.05) is 24.8 Å². The van der Waals surface area contributed by atoms with E-state index in [4.69, 9.17) is 4.74 Å². The molecule has 2 aromatic rings. The third-order valence-electron chi connectivity index (χ3n) is 2.74. The Kier molecular flexibility index (Phi) is 5.24. The molecule has 1 N–H and O–H groups in total. The van der Waals surface area contributed by atoms with Gasteiger partial charge in [0.15, 0.2) is 0 Å². The highest BCUT2D eigenvalue weighted by Crippen LogP contribution is 2.29. The monoisotopic (exact) mass is 289 g/mol. The van der Waals surface area contributed by atoms with Crippen LogP contribution in [-0.4, -0.2) is 24.1 Å². The summed E-state index contributed by atoms with van der Waals surface area (Å²) in [6.07, 6.45) is 1.93. The zero-order chi connectivity index (χ0) is 14.4. The maximum Gasteiger partial charge on any atom is 0.132 e. The van der Waals surface area contributed by atoms with Gasteiger partial charge in [0.05, 0.1) is 7.11 Å². The Labute approximate surface area is 124 Å². The number of aromatic nitrogens is 2. The molecule has 4 nitrogen and oxygen atoms in total. The van der Waals surface area contributed by atoms with Crippen molar-refractivity contribution in [3.05, 3.63) is 36.2 Å². The van der Waals surface area contributed by atoms with Crippen LogP contribution in [0.4, 0.5) is 5.82 Å². The standard InChI is InChI=1S/C15H19N3OS/c1-4-6-13-17-14(16-2)10-15(18-13)20-12-8-5-7-11(9-12)19-3/h5,7-10H,4,6H2,1-3H3,(H,16,17,18). The normalized spacial score (nSPS) is 10.3. The maximum absolute atomic E-state index is 5.24. The number of hydrogen-bond donors (Lipinski definition) is 1. The minimum atomic E-state index is 0.853. The van der Waals surface area contributed by atoms with Gasteiger partial charge in [-0.05, 0) is 24.6 Å². The molecule has 0 aliphatic rings. The summed E-state index contributed by atoms with van der Waals surface area (Å²) >= 11 is 1.62. The fourth-order valence-electron chi connectivity index (χ4n) is 1.77. The van der Waals surface area contributed by atoms with E-state index in [9.17, 15) is 0 Å². The van der Waals surface area contributed by atoms with Crippen molar-refractivity contribution in [3.8, 4) is 5.75 Å². The highest BCUT2D eigenvalue weighted by Gasteiger charge is 2.06. The second kappa shape index (κ2) is 7.14. The van der Waals surface area contributed by atoms with Crippen molar-refractivity contribution in [1.29, 1.82) is 0 Å². The van der Waals surface area contributed by atoms with Crippen molar-refractivity contribution in [2.24, 2.45) is 0 Å².